The van der Waals surface area contributed by atoms with Crippen LogP contribution in [-0.4, -0.2) is 23.9 Å². The number of hydrogen-bond donors (Lipinski definition) is 0. The molecule has 0 aliphatic rings. The van der Waals surface area contributed by atoms with Gasteiger partial charge in [-0.3, -0.25) is 4.79 Å². The minimum atomic E-state index is -0.759. The fourth-order valence-electron chi connectivity index (χ4n) is 0.273. The Morgan fingerprint density at radius 2 is 2.11 bits per heavy atom. The van der Waals surface area contributed by atoms with E-state index in [4.69, 9.17) is 0 Å². The molecule has 0 saturated carbocycles. The maximum absolute atomic E-state index is 10.4. The van der Waals surface area contributed by atoms with Crippen LogP contribution in [0.5, 0.6) is 0 Å². The molecule has 0 amide bonds. The normalized spacial score (nSPS) is 8.67. The van der Waals surface area contributed by atoms with Gasteiger partial charge in [-0.1, -0.05) is 11.8 Å². The zero-order valence-electron chi connectivity index (χ0n) is 5.34. The van der Waals surface area contributed by atoms with Crippen LogP contribution in [0.1, 0.15) is 6.92 Å². The molecular formula is C5H8O3S. The van der Waals surface area contributed by atoms with Crippen LogP contribution in [0.2, 0.25) is 0 Å². The second-order valence-corrected chi connectivity index (χ2v) is 1.99. The highest BCUT2D eigenvalue weighted by Crippen LogP contribution is 1.95. The Labute approximate surface area is 57.8 Å². The molecule has 0 aliphatic heterocycles. The molecule has 52 valence electrons. The van der Waals surface area contributed by atoms with Crippen LogP contribution in [-0.2, 0) is 14.3 Å². The lowest BCUT2D eigenvalue weighted by molar-refractivity contribution is -0.149. The lowest BCUT2D eigenvalue weighted by Crippen LogP contribution is -2.12. The predicted octanol–water partition coefficient (Wildman–Crippen LogP) is 0.439. The summed E-state index contributed by atoms with van der Waals surface area (Å²) in [5, 5.41) is -0.545. The number of esters is 1. The predicted molar refractivity (Wildman–Crippen MR) is 35.2 cm³/mol. The van der Waals surface area contributed by atoms with Crippen LogP contribution in [0.4, 0.5) is 0 Å². The summed E-state index contributed by atoms with van der Waals surface area (Å²) in [5.74, 6) is -0.759. The molecule has 0 bridgehead atoms. The average molecular weight is 148 g/mol. The zero-order valence-corrected chi connectivity index (χ0v) is 6.16. The van der Waals surface area contributed by atoms with E-state index in [-0.39, 0.29) is 6.61 Å². The molecule has 0 aliphatic carbocycles. The van der Waals surface area contributed by atoms with Gasteiger partial charge in [0.25, 0.3) is 5.12 Å². The van der Waals surface area contributed by atoms with Crippen molar-refractivity contribution in [1.29, 1.82) is 0 Å². The summed E-state index contributed by atoms with van der Waals surface area (Å²) < 4.78 is 4.39. The van der Waals surface area contributed by atoms with Crippen LogP contribution in [0, 0.1) is 0 Å². The Balaban J connectivity index is 3.60. The topological polar surface area (TPSA) is 43.4 Å². The number of rotatable bonds is 1. The van der Waals surface area contributed by atoms with Crippen molar-refractivity contribution in [3.05, 3.63) is 0 Å². The van der Waals surface area contributed by atoms with Crippen molar-refractivity contribution in [2.24, 2.45) is 0 Å². The Morgan fingerprint density at radius 3 is 2.44 bits per heavy atom. The van der Waals surface area contributed by atoms with E-state index in [1.807, 2.05) is 0 Å². The van der Waals surface area contributed by atoms with Crippen molar-refractivity contribution >= 4 is 22.8 Å². The van der Waals surface area contributed by atoms with E-state index in [0.29, 0.717) is 0 Å². The van der Waals surface area contributed by atoms with Crippen LogP contribution in [0.25, 0.3) is 0 Å². The molecule has 4 heteroatoms. The highest BCUT2D eigenvalue weighted by Gasteiger charge is 2.11. The number of carbonyl (C=O) groups excluding carboxylic acids is 2. The minimum Gasteiger partial charge on any atom is -0.460 e. The molecule has 0 aromatic rings. The van der Waals surface area contributed by atoms with Crippen molar-refractivity contribution < 1.29 is 14.3 Å². The van der Waals surface area contributed by atoms with Gasteiger partial charge in [0.1, 0.15) is 0 Å². The standard InChI is InChI=1S/C5H8O3S/c1-3-8-4(6)5(7)9-2/h3H2,1-2H3. The van der Waals surface area contributed by atoms with Crippen molar-refractivity contribution in [2.45, 2.75) is 6.92 Å². The number of thioether (sulfide) groups is 1. The molecule has 0 spiro atoms. The van der Waals surface area contributed by atoms with Crippen molar-refractivity contribution in [2.75, 3.05) is 12.9 Å². The number of hydrogen-bond acceptors (Lipinski definition) is 4. The number of carbonyl (C=O) groups is 2. The van der Waals surface area contributed by atoms with Gasteiger partial charge in [-0.05, 0) is 13.2 Å². The van der Waals surface area contributed by atoms with Crippen LogP contribution < -0.4 is 0 Å². The fraction of sp³-hybridized carbons (Fsp3) is 0.600. The van der Waals surface area contributed by atoms with Gasteiger partial charge in [0.05, 0.1) is 6.61 Å². The van der Waals surface area contributed by atoms with E-state index in [2.05, 4.69) is 4.74 Å². The third-order valence-corrected chi connectivity index (χ3v) is 1.16. The van der Waals surface area contributed by atoms with Gasteiger partial charge in [0, 0.05) is 0 Å². The highest BCUT2D eigenvalue weighted by atomic mass is 32.2. The first kappa shape index (κ1) is 8.49. The third-order valence-electron chi connectivity index (χ3n) is 0.627. The van der Waals surface area contributed by atoms with Gasteiger partial charge in [0.2, 0.25) is 0 Å². The van der Waals surface area contributed by atoms with E-state index in [0.717, 1.165) is 11.8 Å². The Kier molecular flexibility index (Phi) is 4.13. The summed E-state index contributed by atoms with van der Waals surface area (Å²) in [7, 11) is 0. The fourth-order valence-corrected chi connectivity index (χ4v) is 0.499. The minimum absolute atomic E-state index is 0.255. The zero-order chi connectivity index (χ0) is 7.28. The van der Waals surface area contributed by atoms with E-state index in [9.17, 15) is 9.59 Å². The molecule has 0 rings (SSSR count). The van der Waals surface area contributed by atoms with Crippen LogP contribution in [0.15, 0.2) is 0 Å². The molecule has 0 aromatic heterocycles. The monoisotopic (exact) mass is 148 g/mol. The molecule has 9 heavy (non-hydrogen) atoms. The Bertz CT molecular complexity index is 121. The SMILES string of the molecule is CCOC(=O)C(=O)SC. The summed E-state index contributed by atoms with van der Waals surface area (Å²) in [6.07, 6.45) is 1.54. The van der Waals surface area contributed by atoms with Gasteiger partial charge >= 0.3 is 5.97 Å². The van der Waals surface area contributed by atoms with Gasteiger partial charge in [-0.2, -0.15) is 0 Å². The molecule has 0 N–H and O–H groups in total. The van der Waals surface area contributed by atoms with Crippen molar-refractivity contribution in [3.63, 3.8) is 0 Å². The Morgan fingerprint density at radius 1 is 1.56 bits per heavy atom. The molecule has 0 atom stereocenters. The van der Waals surface area contributed by atoms with Gasteiger partial charge in [-0.25, -0.2) is 4.79 Å². The first-order chi connectivity index (χ1) is 4.22. The van der Waals surface area contributed by atoms with Gasteiger partial charge < -0.3 is 4.74 Å². The van der Waals surface area contributed by atoms with Crippen LogP contribution in [0.3, 0.4) is 0 Å². The first-order valence-corrected chi connectivity index (χ1v) is 3.70. The first-order valence-electron chi connectivity index (χ1n) is 2.47. The summed E-state index contributed by atoms with van der Waals surface area (Å²) in [4.78, 5) is 20.8. The van der Waals surface area contributed by atoms with Gasteiger partial charge in [0.15, 0.2) is 0 Å². The molecule has 0 saturated heterocycles. The van der Waals surface area contributed by atoms with E-state index < -0.39 is 11.1 Å². The molecule has 3 nitrogen and oxygen atoms in total. The maximum atomic E-state index is 10.4. The maximum Gasteiger partial charge on any atom is 0.385 e. The molecule has 0 unspecified atom stereocenters. The molecule has 0 radical (unpaired) electrons. The highest BCUT2D eigenvalue weighted by molar-refractivity contribution is 8.14. The summed E-state index contributed by atoms with van der Waals surface area (Å²) >= 11 is 0.859. The average Bonchev–Trinajstić information content (AvgIpc) is 1.87. The van der Waals surface area contributed by atoms with E-state index >= 15 is 0 Å². The van der Waals surface area contributed by atoms with E-state index in [1.54, 1.807) is 13.2 Å². The Hall–Kier alpha value is -0.510. The largest absolute Gasteiger partial charge is 0.460 e. The molecule has 0 heterocycles. The number of ether oxygens (including phenoxy) is 1. The molecular weight excluding hydrogens is 140 g/mol. The van der Waals surface area contributed by atoms with Gasteiger partial charge in [-0.15, -0.1) is 0 Å². The lowest BCUT2D eigenvalue weighted by Gasteiger charge is -1.95. The molecule has 0 fully saturated rings. The smallest absolute Gasteiger partial charge is 0.385 e. The summed E-state index contributed by atoms with van der Waals surface area (Å²) in [6, 6.07) is 0. The second kappa shape index (κ2) is 4.38. The van der Waals surface area contributed by atoms with Crippen molar-refractivity contribution in [3.8, 4) is 0 Å². The van der Waals surface area contributed by atoms with Crippen LogP contribution >= 0.6 is 11.8 Å². The summed E-state index contributed by atoms with van der Waals surface area (Å²) in [5.41, 5.74) is 0. The molecule has 0 aromatic carbocycles. The summed E-state index contributed by atoms with van der Waals surface area (Å²) in [6.45, 7) is 1.91. The second-order valence-electron chi connectivity index (χ2n) is 1.21. The lowest BCUT2D eigenvalue weighted by atomic mass is 10.7. The van der Waals surface area contributed by atoms with Crippen molar-refractivity contribution in [1.82, 2.24) is 0 Å². The van der Waals surface area contributed by atoms with E-state index in [1.165, 1.54) is 0 Å². The third kappa shape index (κ3) is 3.13. The quantitative estimate of drug-likeness (QED) is 0.399.